The van der Waals surface area contributed by atoms with Crippen LogP contribution in [0.3, 0.4) is 0 Å². The molecule has 6 heteroatoms. The molecule has 0 amide bonds. The summed E-state index contributed by atoms with van der Waals surface area (Å²) in [6.07, 6.45) is 0. The smallest absolute Gasteiger partial charge is 0.240 e. The molecule has 5 heterocycles. The number of nitrogens with zero attached hydrogens (tertiary/aromatic N) is 6. The van der Waals surface area contributed by atoms with Crippen molar-refractivity contribution in [2.75, 3.05) is 0 Å². The van der Waals surface area contributed by atoms with E-state index in [9.17, 15) is 0 Å². The van der Waals surface area contributed by atoms with E-state index in [-0.39, 0.29) is 0 Å². The van der Waals surface area contributed by atoms with Crippen LogP contribution in [0, 0.1) is 0 Å². The van der Waals surface area contributed by atoms with Crippen LogP contribution < -0.4 is 0 Å². The van der Waals surface area contributed by atoms with E-state index in [1.807, 2.05) is 0 Å². The average molecular weight is 803 g/mol. The van der Waals surface area contributed by atoms with Crippen molar-refractivity contribution >= 4 is 103 Å². The molecule has 0 N–H and O–H groups in total. The minimum absolute atomic E-state index is 0.556. The minimum Gasteiger partial charge on any atom is -0.308 e. The number of rotatable bonds is 3. The van der Waals surface area contributed by atoms with E-state index in [0.717, 1.165) is 70.9 Å². The van der Waals surface area contributed by atoms with Crippen LogP contribution in [0.4, 0.5) is 0 Å². The first kappa shape index (κ1) is 34.1. The van der Waals surface area contributed by atoms with Gasteiger partial charge in [0.15, 0.2) is 5.82 Å². The predicted octanol–water partition coefficient (Wildman–Crippen LogP) is 14.3. The molecular formula is C57H34N6. The quantitative estimate of drug-likeness (QED) is 0.179. The van der Waals surface area contributed by atoms with E-state index in [2.05, 4.69) is 220 Å². The van der Waals surface area contributed by atoms with Gasteiger partial charge in [-0.1, -0.05) is 164 Å². The van der Waals surface area contributed by atoms with Gasteiger partial charge in [-0.15, -0.1) is 0 Å². The van der Waals surface area contributed by atoms with Crippen LogP contribution in [0.25, 0.3) is 127 Å². The third-order valence-corrected chi connectivity index (χ3v) is 13.1. The number of hydrogen-bond acceptors (Lipinski definition) is 3. The van der Waals surface area contributed by atoms with Crippen LogP contribution in [0.2, 0.25) is 0 Å². The third-order valence-electron chi connectivity index (χ3n) is 13.1. The molecule has 0 aliphatic heterocycles. The highest BCUT2D eigenvalue weighted by Crippen LogP contribution is 2.40. The number of benzene rings is 9. The molecule has 6 nitrogen and oxygen atoms in total. The van der Waals surface area contributed by atoms with Gasteiger partial charge < -0.3 is 4.40 Å². The number of hydrogen-bond donors (Lipinski definition) is 0. The lowest BCUT2D eigenvalue weighted by molar-refractivity contribution is 0.893. The topological polar surface area (TPSA) is 52.9 Å². The molecule has 0 saturated carbocycles. The molecule has 0 fully saturated rings. The van der Waals surface area contributed by atoms with Crippen molar-refractivity contribution in [3.05, 3.63) is 206 Å². The Morgan fingerprint density at radius 3 is 1.06 bits per heavy atom. The van der Waals surface area contributed by atoms with Crippen molar-refractivity contribution in [1.82, 2.24) is 28.5 Å². The molecule has 9 aromatic carbocycles. The Labute approximate surface area is 359 Å². The lowest BCUT2D eigenvalue weighted by atomic mass is 9.99. The second-order valence-electron chi connectivity index (χ2n) is 16.4. The third kappa shape index (κ3) is 4.80. The highest BCUT2D eigenvalue weighted by molar-refractivity contribution is 6.25. The Balaban J connectivity index is 1.15. The van der Waals surface area contributed by atoms with Gasteiger partial charge in [-0.05, 0) is 64.0 Å². The van der Waals surface area contributed by atoms with Crippen molar-refractivity contribution in [1.29, 1.82) is 0 Å². The Kier molecular flexibility index (Phi) is 7.02. The van der Waals surface area contributed by atoms with Gasteiger partial charge in [-0.2, -0.15) is 15.0 Å². The van der Waals surface area contributed by atoms with E-state index in [4.69, 9.17) is 15.0 Å². The summed E-state index contributed by atoms with van der Waals surface area (Å²) < 4.78 is 6.85. The molecule has 0 saturated heterocycles. The summed E-state index contributed by atoms with van der Waals surface area (Å²) in [6.45, 7) is 0. The second-order valence-corrected chi connectivity index (χ2v) is 16.4. The summed E-state index contributed by atoms with van der Waals surface area (Å²) in [5.74, 6) is 1.70. The summed E-state index contributed by atoms with van der Waals surface area (Å²) in [5, 5.41) is 14.0. The van der Waals surface area contributed by atoms with E-state index < -0.39 is 0 Å². The minimum atomic E-state index is 0.556. The first-order valence-electron chi connectivity index (χ1n) is 21.4. The number of fused-ring (bicyclic) bond motifs is 16. The second kappa shape index (κ2) is 12.9. The molecule has 0 radical (unpaired) electrons. The molecule has 14 aromatic rings. The Morgan fingerprint density at radius 1 is 0.254 bits per heavy atom. The van der Waals surface area contributed by atoms with Gasteiger partial charge in [0, 0.05) is 48.7 Å². The summed E-state index contributed by atoms with van der Waals surface area (Å²) in [7, 11) is 0. The standard InChI is InChI=1S/C57H34N6/c1-2-17-37-36(16-1)38-33-32-35(34-47(38)44-23-8-10-27-49(44)61-48-26-9-7-22-43(48)46-25-15-24-45(37)54(46)61)55-58-56(62-50-28-11-3-18-39(50)40-19-4-12-29-51(40)62)60-57(59-55)63-52-30-13-5-20-41(52)42-21-6-14-31-53(42)63/h1-34H. The van der Waals surface area contributed by atoms with Gasteiger partial charge in [0.05, 0.1) is 38.6 Å². The molecule has 14 rings (SSSR count). The van der Waals surface area contributed by atoms with Crippen LogP contribution in [-0.2, 0) is 0 Å². The molecular weight excluding hydrogens is 769 g/mol. The highest BCUT2D eigenvalue weighted by Gasteiger charge is 2.21. The maximum atomic E-state index is 5.44. The molecule has 0 unspecified atom stereocenters. The fraction of sp³-hybridized carbons (Fsp3) is 0. The molecule has 0 atom stereocenters. The van der Waals surface area contributed by atoms with Crippen LogP contribution in [0.1, 0.15) is 0 Å². The molecule has 0 aliphatic rings. The lowest BCUT2D eigenvalue weighted by Crippen LogP contribution is -2.10. The maximum absolute atomic E-state index is 5.44. The van der Waals surface area contributed by atoms with Crippen molar-refractivity contribution < 1.29 is 0 Å². The first-order valence-corrected chi connectivity index (χ1v) is 21.4. The summed E-state index contributed by atoms with van der Waals surface area (Å²) >= 11 is 0. The molecule has 0 aliphatic carbocycles. The van der Waals surface area contributed by atoms with Crippen molar-refractivity contribution in [3.63, 3.8) is 0 Å². The van der Waals surface area contributed by atoms with Crippen LogP contribution in [-0.4, -0.2) is 28.5 Å². The van der Waals surface area contributed by atoms with E-state index in [1.165, 1.54) is 38.0 Å². The zero-order chi connectivity index (χ0) is 41.2. The Morgan fingerprint density at radius 2 is 0.587 bits per heavy atom. The molecule has 0 spiro atoms. The van der Waals surface area contributed by atoms with E-state index in [0.29, 0.717) is 17.7 Å². The van der Waals surface area contributed by atoms with Crippen LogP contribution in [0.15, 0.2) is 206 Å². The Hall–Kier alpha value is -8.61. The number of aromatic nitrogens is 6. The zero-order valence-electron chi connectivity index (χ0n) is 33.8. The fourth-order valence-corrected chi connectivity index (χ4v) is 10.4. The maximum Gasteiger partial charge on any atom is 0.240 e. The highest BCUT2D eigenvalue weighted by atomic mass is 15.3. The van der Waals surface area contributed by atoms with Gasteiger partial charge >= 0.3 is 0 Å². The average Bonchev–Trinajstić information content (AvgIpc) is 4.00. The fourth-order valence-electron chi connectivity index (χ4n) is 10.4. The molecule has 63 heavy (non-hydrogen) atoms. The van der Waals surface area contributed by atoms with Crippen molar-refractivity contribution in [2.24, 2.45) is 0 Å². The van der Waals surface area contributed by atoms with E-state index in [1.54, 1.807) is 0 Å². The van der Waals surface area contributed by atoms with Gasteiger partial charge in [0.2, 0.25) is 11.9 Å². The Bertz CT molecular complexity index is 4040. The SMILES string of the molecule is c1ccc2c(c1)c1ccc(-c3nc(-n4c5ccccc5c5ccccc54)nc(-n4c5ccccc5c5ccccc54)n3)cc1c1ccccc1n1c3ccccc3c3cccc2c31. The summed E-state index contributed by atoms with van der Waals surface area (Å²) in [5.41, 5.74) is 8.54. The normalized spacial score (nSPS) is 12.1. The van der Waals surface area contributed by atoms with Crippen LogP contribution in [0.5, 0.6) is 0 Å². The van der Waals surface area contributed by atoms with Gasteiger partial charge in [-0.3, -0.25) is 9.13 Å². The first-order chi connectivity index (χ1) is 31.3. The van der Waals surface area contributed by atoms with Gasteiger partial charge in [0.1, 0.15) is 0 Å². The van der Waals surface area contributed by atoms with Crippen molar-refractivity contribution in [3.8, 4) is 23.3 Å². The lowest BCUT2D eigenvalue weighted by Gasteiger charge is -2.13. The zero-order valence-corrected chi connectivity index (χ0v) is 33.8. The summed E-state index contributed by atoms with van der Waals surface area (Å²) in [4.78, 5) is 16.3. The van der Waals surface area contributed by atoms with Crippen molar-refractivity contribution in [2.45, 2.75) is 0 Å². The molecule has 0 bridgehead atoms. The van der Waals surface area contributed by atoms with Gasteiger partial charge in [-0.25, -0.2) is 0 Å². The molecule has 292 valence electrons. The van der Waals surface area contributed by atoms with E-state index >= 15 is 0 Å². The predicted molar refractivity (Wildman–Crippen MR) is 261 cm³/mol. The van der Waals surface area contributed by atoms with Crippen LogP contribution >= 0.6 is 0 Å². The largest absolute Gasteiger partial charge is 0.308 e. The van der Waals surface area contributed by atoms with Gasteiger partial charge in [0.25, 0.3) is 0 Å². The summed E-state index contributed by atoms with van der Waals surface area (Å²) in [6, 6.07) is 73.9. The molecule has 5 aromatic heterocycles. The monoisotopic (exact) mass is 802 g/mol. The number of para-hydroxylation sites is 7.